The van der Waals surface area contributed by atoms with Gasteiger partial charge in [0.05, 0.1) is 11.4 Å². The molecular weight excluding hydrogens is 297 g/mol. The van der Waals surface area contributed by atoms with Gasteiger partial charge in [-0.05, 0) is 29.8 Å². The first-order valence-corrected chi connectivity index (χ1v) is 7.20. The topological polar surface area (TPSA) is 91.3 Å². The second-order valence-corrected chi connectivity index (χ2v) is 5.27. The molecule has 1 unspecified atom stereocenters. The molecule has 0 saturated heterocycles. The fraction of sp³-hybridized carbons (Fsp3) is 0.0769. The summed E-state index contributed by atoms with van der Waals surface area (Å²) in [4.78, 5) is 15.0. The SMILES string of the molecule is O=C(NO)c1cc(NS(=O)Cc2ccc(F)cc2)ccn1. The molecule has 0 aliphatic rings. The van der Waals surface area contributed by atoms with Crippen LogP contribution in [0.2, 0.25) is 0 Å². The molecule has 0 spiro atoms. The molecule has 6 nitrogen and oxygen atoms in total. The van der Waals surface area contributed by atoms with Crippen molar-refractivity contribution in [3.05, 3.63) is 59.7 Å². The highest BCUT2D eigenvalue weighted by atomic mass is 32.2. The summed E-state index contributed by atoms with van der Waals surface area (Å²) in [6, 6.07) is 8.58. The number of aromatic nitrogens is 1. The lowest BCUT2D eigenvalue weighted by Gasteiger charge is -2.07. The van der Waals surface area contributed by atoms with Gasteiger partial charge >= 0.3 is 0 Å². The van der Waals surface area contributed by atoms with E-state index in [-0.39, 0.29) is 17.3 Å². The smallest absolute Gasteiger partial charge is 0.293 e. The zero-order valence-corrected chi connectivity index (χ0v) is 11.6. The fourth-order valence-corrected chi connectivity index (χ4v) is 2.53. The van der Waals surface area contributed by atoms with E-state index in [9.17, 15) is 13.4 Å². The van der Waals surface area contributed by atoms with Gasteiger partial charge in [-0.1, -0.05) is 12.1 Å². The van der Waals surface area contributed by atoms with Crippen LogP contribution in [0.15, 0.2) is 42.6 Å². The van der Waals surface area contributed by atoms with Crippen molar-refractivity contribution in [1.29, 1.82) is 0 Å². The van der Waals surface area contributed by atoms with Crippen molar-refractivity contribution >= 4 is 22.6 Å². The molecule has 8 heteroatoms. The van der Waals surface area contributed by atoms with Gasteiger partial charge in [-0.2, -0.15) is 0 Å². The second kappa shape index (κ2) is 6.91. The van der Waals surface area contributed by atoms with Gasteiger partial charge in [-0.15, -0.1) is 0 Å². The van der Waals surface area contributed by atoms with Crippen molar-refractivity contribution in [1.82, 2.24) is 10.5 Å². The van der Waals surface area contributed by atoms with Crippen molar-refractivity contribution in [2.45, 2.75) is 5.75 Å². The molecule has 0 aliphatic heterocycles. The highest BCUT2D eigenvalue weighted by Crippen LogP contribution is 2.11. The summed E-state index contributed by atoms with van der Waals surface area (Å²) in [5, 5.41) is 8.53. The largest absolute Gasteiger partial charge is 0.305 e. The average Bonchev–Trinajstić information content (AvgIpc) is 2.49. The van der Waals surface area contributed by atoms with Crippen LogP contribution in [0.1, 0.15) is 16.1 Å². The summed E-state index contributed by atoms with van der Waals surface area (Å²) < 4.78 is 27.4. The van der Waals surface area contributed by atoms with E-state index >= 15 is 0 Å². The van der Waals surface area contributed by atoms with Gasteiger partial charge in [-0.25, -0.2) is 14.1 Å². The number of nitrogens with zero attached hydrogens (tertiary/aromatic N) is 1. The Morgan fingerprint density at radius 3 is 2.67 bits per heavy atom. The molecule has 2 rings (SSSR count). The quantitative estimate of drug-likeness (QED) is 0.578. The minimum Gasteiger partial charge on any atom is -0.305 e. The molecule has 1 amide bonds. The Labute approximate surface area is 122 Å². The monoisotopic (exact) mass is 309 g/mol. The second-order valence-electron chi connectivity index (χ2n) is 4.09. The maximum Gasteiger partial charge on any atom is 0.293 e. The maximum atomic E-state index is 12.8. The van der Waals surface area contributed by atoms with Crippen LogP contribution in [0.3, 0.4) is 0 Å². The van der Waals surface area contributed by atoms with Gasteiger partial charge in [0.25, 0.3) is 5.91 Å². The number of nitrogens with one attached hydrogen (secondary N) is 2. The standard InChI is InChI=1S/C13H12FN3O3S/c14-10-3-1-9(2-4-10)8-21(20)17-11-5-6-15-12(7-11)13(18)16-19/h1-7,19H,8H2,(H,15,17)(H,16,18). The van der Waals surface area contributed by atoms with Crippen LogP contribution < -0.4 is 10.2 Å². The first-order valence-electron chi connectivity index (χ1n) is 5.88. The molecule has 110 valence electrons. The molecule has 0 radical (unpaired) electrons. The van der Waals surface area contributed by atoms with Gasteiger partial charge in [0.1, 0.15) is 22.5 Å². The van der Waals surface area contributed by atoms with Gasteiger partial charge in [0.2, 0.25) is 0 Å². The van der Waals surface area contributed by atoms with Gasteiger partial charge in [0.15, 0.2) is 0 Å². The Bertz CT molecular complexity index is 664. The number of benzene rings is 1. The number of hydrogen-bond donors (Lipinski definition) is 3. The molecule has 1 aromatic heterocycles. The minimum atomic E-state index is -1.45. The number of carbonyl (C=O) groups excluding carboxylic acids is 1. The number of hydrogen-bond acceptors (Lipinski definition) is 4. The molecule has 1 heterocycles. The average molecular weight is 309 g/mol. The van der Waals surface area contributed by atoms with Crippen LogP contribution >= 0.6 is 0 Å². The molecule has 0 saturated carbocycles. The van der Waals surface area contributed by atoms with Crippen LogP contribution in [-0.4, -0.2) is 20.3 Å². The van der Waals surface area contributed by atoms with E-state index in [1.54, 1.807) is 12.1 Å². The number of amides is 1. The minimum absolute atomic E-state index is 0.0127. The fourth-order valence-electron chi connectivity index (χ4n) is 1.58. The molecule has 1 aromatic carbocycles. The molecule has 0 bridgehead atoms. The number of rotatable bonds is 5. The predicted octanol–water partition coefficient (Wildman–Crippen LogP) is 1.62. The molecule has 0 aliphatic carbocycles. The summed E-state index contributed by atoms with van der Waals surface area (Å²) in [6.07, 6.45) is 1.35. The Kier molecular flexibility index (Phi) is 4.96. The van der Waals surface area contributed by atoms with Gasteiger partial charge in [0, 0.05) is 6.20 Å². The third kappa shape index (κ3) is 4.33. The lowest BCUT2D eigenvalue weighted by molar-refractivity contribution is 0.0701. The molecule has 1 atom stereocenters. The third-order valence-corrected chi connectivity index (χ3v) is 3.60. The van der Waals surface area contributed by atoms with Crippen molar-refractivity contribution < 1.29 is 18.6 Å². The van der Waals surface area contributed by atoms with Gasteiger partial charge in [-0.3, -0.25) is 15.0 Å². The van der Waals surface area contributed by atoms with E-state index in [0.717, 1.165) is 0 Å². The molecule has 2 aromatic rings. The van der Waals surface area contributed by atoms with Gasteiger partial charge < -0.3 is 4.72 Å². The number of pyridine rings is 1. The van der Waals surface area contributed by atoms with E-state index in [1.807, 2.05) is 0 Å². The van der Waals surface area contributed by atoms with Crippen LogP contribution in [0.5, 0.6) is 0 Å². The summed E-state index contributed by atoms with van der Waals surface area (Å²) in [5.74, 6) is -0.932. The van der Waals surface area contributed by atoms with Crippen LogP contribution in [-0.2, 0) is 16.7 Å². The number of carbonyl (C=O) groups is 1. The first-order chi connectivity index (χ1) is 10.1. The Morgan fingerprint density at radius 1 is 1.29 bits per heavy atom. The maximum absolute atomic E-state index is 12.8. The van der Waals surface area contributed by atoms with Crippen molar-refractivity contribution in [2.24, 2.45) is 0 Å². The van der Waals surface area contributed by atoms with Crippen LogP contribution in [0.25, 0.3) is 0 Å². The lowest BCUT2D eigenvalue weighted by Crippen LogP contribution is -2.20. The molecule has 3 N–H and O–H groups in total. The van der Waals surface area contributed by atoms with Crippen LogP contribution in [0, 0.1) is 5.82 Å². The Morgan fingerprint density at radius 2 is 2.00 bits per heavy atom. The number of halogens is 1. The normalized spacial score (nSPS) is 11.7. The predicted molar refractivity (Wildman–Crippen MR) is 75.4 cm³/mol. The van der Waals surface area contributed by atoms with Crippen molar-refractivity contribution in [2.75, 3.05) is 4.72 Å². The van der Waals surface area contributed by atoms with E-state index in [1.165, 1.54) is 35.9 Å². The van der Waals surface area contributed by atoms with Crippen molar-refractivity contribution in [3.8, 4) is 0 Å². The Hall–Kier alpha value is -2.32. The zero-order valence-electron chi connectivity index (χ0n) is 10.7. The highest BCUT2D eigenvalue weighted by Gasteiger charge is 2.08. The van der Waals surface area contributed by atoms with E-state index in [2.05, 4.69) is 9.71 Å². The summed E-state index contributed by atoms with van der Waals surface area (Å²) in [5.41, 5.74) is 2.59. The zero-order chi connectivity index (χ0) is 15.2. The highest BCUT2D eigenvalue weighted by molar-refractivity contribution is 7.85. The van der Waals surface area contributed by atoms with E-state index in [4.69, 9.17) is 5.21 Å². The number of anilines is 1. The summed E-state index contributed by atoms with van der Waals surface area (Å²) in [7, 11) is -1.45. The van der Waals surface area contributed by atoms with Crippen LogP contribution in [0.4, 0.5) is 10.1 Å². The van der Waals surface area contributed by atoms with E-state index in [0.29, 0.717) is 11.3 Å². The lowest BCUT2D eigenvalue weighted by atomic mass is 10.2. The third-order valence-electron chi connectivity index (χ3n) is 2.54. The van der Waals surface area contributed by atoms with Crippen molar-refractivity contribution in [3.63, 3.8) is 0 Å². The molecular formula is C13H12FN3O3S. The first kappa shape index (κ1) is 15.1. The molecule has 0 fully saturated rings. The number of hydroxylamine groups is 1. The molecule has 21 heavy (non-hydrogen) atoms. The van der Waals surface area contributed by atoms with E-state index < -0.39 is 16.9 Å². The Balaban J connectivity index is 2.02. The summed E-state index contributed by atoms with van der Waals surface area (Å²) in [6.45, 7) is 0. The summed E-state index contributed by atoms with van der Waals surface area (Å²) >= 11 is 0.